The average Bonchev–Trinajstić information content (AvgIpc) is 2.26. The number of hydrogen-bond acceptors (Lipinski definition) is 4. The maximum atomic E-state index is 13.9. The molecule has 0 unspecified atom stereocenters. The number of carbonyl (C=O) groups is 1. The second-order valence-corrected chi connectivity index (χ2v) is 6.34. The summed E-state index contributed by atoms with van der Waals surface area (Å²) in [5.74, 6) is -4.99. The molecule has 0 aliphatic heterocycles. The van der Waals surface area contributed by atoms with E-state index < -0.39 is 50.2 Å². The van der Waals surface area contributed by atoms with Crippen LogP contribution in [0.2, 0.25) is 0 Å². The van der Waals surface area contributed by atoms with Gasteiger partial charge in [0.05, 0.1) is 12.1 Å². The summed E-state index contributed by atoms with van der Waals surface area (Å²) < 4.78 is 52.9. The SMILES string of the molecule is CC(C)(CO)NS(=O)(=O)c1ccc(F)c(C(=O)O)c1F. The van der Waals surface area contributed by atoms with Gasteiger partial charge in [0, 0.05) is 0 Å². The molecule has 0 amide bonds. The van der Waals surface area contributed by atoms with E-state index in [1.54, 1.807) is 0 Å². The van der Waals surface area contributed by atoms with Gasteiger partial charge in [0.15, 0.2) is 5.82 Å². The van der Waals surface area contributed by atoms with Crippen molar-refractivity contribution in [2.45, 2.75) is 24.3 Å². The Morgan fingerprint density at radius 3 is 2.35 bits per heavy atom. The molecule has 0 aromatic heterocycles. The molecule has 9 heteroatoms. The number of hydrogen-bond donors (Lipinski definition) is 3. The molecule has 0 saturated heterocycles. The monoisotopic (exact) mass is 309 g/mol. The van der Waals surface area contributed by atoms with Crippen LogP contribution in [0.5, 0.6) is 0 Å². The Balaban J connectivity index is 3.41. The zero-order chi connectivity index (χ0) is 15.7. The van der Waals surface area contributed by atoms with Crippen LogP contribution in [0.1, 0.15) is 24.2 Å². The molecule has 0 aliphatic rings. The maximum Gasteiger partial charge on any atom is 0.341 e. The first-order chi connectivity index (χ1) is 9.02. The van der Waals surface area contributed by atoms with Crippen molar-refractivity contribution < 1.29 is 32.2 Å². The number of sulfonamides is 1. The summed E-state index contributed by atoms with van der Waals surface area (Å²) in [6.07, 6.45) is 0. The van der Waals surface area contributed by atoms with Crippen molar-refractivity contribution in [1.29, 1.82) is 0 Å². The minimum absolute atomic E-state index is 0.549. The molecule has 1 rings (SSSR count). The minimum atomic E-state index is -4.45. The molecule has 0 spiro atoms. The maximum absolute atomic E-state index is 13.9. The van der Waals surface area contributed by atoms with Crippen LogP contribution in [0.25, 0.3) is 0 Å². The van der Waals surface area contributed by atoms with Gasteiger partial charge in [-0.3, -0.25) is 0 Å². The lowest BCUT2D eigenvalue weighted by Crippen LogP contribution is -2.46. The highest BCUT2D eigenvalue weighted by Crippen LogP contribution is 2.22. The number of carboxylic acids is 1. The van der Waals surface area contributed by atoms with E-state index in [0.717, 1.165) is 0 Å². The summed E-state index contributed by atoms with van der Waals surface area (Å²) >= 11 is 0. The lowest BCUT2D eigenvalue weighted by atomic mass is 10.1. The third kappa shape index (κ3) is 3.30. The molecule has 0 heterocycles. The third-order valence-corrected chi connectivity index (χ3v) is 4.08. The molecule has 112 valence electrons. The van der Waals surface area contributed by atoms with Crippen molar-refractivity contribution in [2.24, 2.45) is 0 Å². The van der Waals surface area contributed by atoms with Crippen molar-refractivity contribution in [3.05, 3.63) is 29.3 Å². The van der Waals surface area contributed by atoms with Gasteiger partial charge in [-0.05, 0) is 26.0 Å². The van der Waals surface area contributed by atoms with Crippen molar-refractivity contribution >= 4 is 16.0 Å². The van der Waals surface area contributed by atoms with E-state index in [4.69, 9.17) is 10.2 Å². The average molecular weight is 309 g/mol. The van der Waals surface area contributed by atoms with Gasteiger partial charge in [0.1, 0.15) is 16.3 Å². The predicted octanol–water partition coefficient (Wildman–Crippen LogP) is 0.712. The molecular formula is C11H13F2NO5S. The van der Waals surface area contributed by atoms with E-state index in [9.17, 15) is 22.0 Å². The standard InChI is InChI=1S/C11H13F2NO5S/c1-11(2,5-15)14-20(18,19)7-4-3-6(12)8(9(7)13)10(16)17/h3-4,14-15H,5H2,1-2H3,(H,16,17). The fraction of sp³-hybridized carbons (Fsp3) is 0.364. The zero-order valence-corrected chi connectivity index (χ0v) is 11.5. The van der Waals surface area contributed by atoms with Crippen LogP contribution in [0.3, 0.4) is 0 Å². The molecule has 1 aromatic carbocycles. The van der Waals surface area contributed by atoms with Gasteiger partial charge in [-0.1, -0.05) is 0 Å². The van der Waals surface area contributed by atoms with Gasteiger partial charge >= 0.3 is 5.97 Å². The van der Waals surface area contributed by atoms with E-state index in [1.165, 1.54) is 13.8 Å². The van der Waals surface area contributed by atoms with E-state index >= 15 is 0 Å². The topological polar surface area (TPSA) is 104 Å². The molecule has 3 N–H and O–H groups in total. The van der Waals surface area contributed by atoms with Crippen LogP contribution in [0, 0.1) is 11.6 Å². The summed E-state index contributed by atoms with van der Waals surface area (Å²) in [6.45, 7) is 2.11. The van der Waals surface area contributed by atoms with E-state index in [-0.39, 0.29) is 0 Å². The van der Waals surface area contributed by atoms with Crippen LogP contribution < -0.4 is 4.72 Å². The number of aliphatic hydroxyl groups is 1. The Bertz CT molecular complexity index is 642. The second-order valence-electron chi connectivity index (χ2n) is 4.69. The van der Waals surface area contributed by atoms with Gasteiger partial charge in [-0.2, -0.15) is 0 Å². The van der Waals surface area contributed by atoms with Crippen molar-refractivity contribution in [2.75, 3.05) is 6.61 Å². The summed E-state index contributed by atoms with van der Waals surface area (Å²) in [5, 5.41) is 17.7. The van der Waals surface area contributed by atoms with Gasteiger partial charge in [0.2, 0.25) is 10.0 Å². The summed E-state index contributed by atoms with van der Waals surface area (Å²) in [5.41, 5.74) is -2.64. The fourth-order valence-corrected chi connectivity index (χ4v) is 2.88. The number of rotatable bonds is 5. The van der Waals surface area contributed by atoms with E-state index in [0.29, 0.717) is 12.1 Å². The van der Waals surface area contributed by atoms with Crippen LogP contribution >= 0.6 is 0 Å². The molecule has 0 radical (unpaired) electrons. The third-order valence-electron chi connectivity index (χ3n) is 2.37. The highest BCUT2D eigenvalue weighted by molar-refractivity contribution is 7.89. The first-order valence-corrected chi connectivity index (χ1v) is 6.86. The molecule has 0 bridgehead atoms. The second kappa shape index (κ2) is 5.43. The Morgan fingerprint density at radius 2 is 1.90 bits per heavy atom. The van der Waals surface area contributed by atoms with Gasteiger partial charge in [0.25, 0.3) is 0 Å². The number of aromatic carboxylic acids is 1. The highest BCUT2D eigenvalue weighted by atomic mass is 32.2. The van der Waals surface area contributed by atoms with E-state index in [1.807, 2.05) is 4.72 Å². The zero-order valence-electron chi connectivity index (χ0n) is 10.6. The molecule has 0 aliphatic carbocycles. The molecular weight excluding hydrogens is 296 g/mol. The Hall–Kier alpha value is -1.58. The Kier molecular flexibility index (Phi) is 4.47. The van der Waals surface area contributed by atoms with Crippen LogP contribution in [0.4, 0.5) is 8.78 Å². The first-order valence-electron chi connectivity index (χ1n) is 5.38. The number of nitrogens with one attached hydrogen (secondary N) is 1. The highest BCUT2D eigenvalue weighted by Gasteiger charge is 2.31. The number of benzene rings is 1. The molecule has 0 saturated carbocycles. The molecule has 20 heavy (non-hydrogen) atoms. The van der Waals surface area contributed by atoms with Gasteiger partial charge < -0.3 is 10.2 Å². The lowest BCUT2D eigenvalue weighted by molar-refractivity contribution is 0.0685. The van der Waals surface area contributed by atoms with Gasteiger partial charge in [-0.15, -0.1) is 0 Å². The van der Waals surface area contributed by atoms with Crippen molar-refractivity contribution in [1.82, 2.24) is 4.72 Å². The van der Waals surface area contributed by atoms with Crippen LogP contribution in [-0.4, -0.2) is 36.7 Å². The minimum Gasteiger partial charge on any atom is -0.477 e. The lowest BCUT2D eigenvalue weighted by Gasteiger charge is -2.23. The quantitative estimate of drug-likeness (QED) is 0.743. The molecule has 0 atom stereocenters. The number of aliphatic hydroxyl groups excluding tert-OH is 1. The molecule has 1 aromatic rings. The molecule has 6 nitrogen and oxygen atoms in total. The van der Waals surface area contributed by atoms with Crippen molar-refractivity contribution in [3.8, 4) is 0 Å². The normalized spacial score (nSPS) is 12.4. The van der Waals surface area contributed by atoms with Crippen molar-refractivity contribution in [3.63, 3.8) is 0 Å². The predicted molar refractivity (Wildman–Crippen MR) is 64.8 cm³/mol. The first kappa shape index (κ1) is 16.5. The Morgan fingerprint density at radius 1 is 1.35 bits per heavy atom. The summed E-state index contributed by atoms with van der Waals surface area (Å²) in [6, 6.07) is 1.17. The largest absolute Gasteiger partial charge is 0.477 e. The number of halogens is 2. The summed E-state index contributed by atoms with van der Waals surface area (Å²) in [4.78, 5) is 9.73. The fourth-order valence-electron chi connectivity index (χ4n) is 1.39. The van der Waals surface area contributed by atoms with E-state index in [2.05, 4.69) is 0 Å². The number of carboxylic acid groups (broad SMARTS) is 1. The van der Waals surface area contributed by atoms with Crippen LogP contribution in [0.15, 0.2) is 17.0 Å². The van der Waals surface area contributed by atoms with Gasteiger partial charge in [-0.25, -0.2) is 26.7 Å². The molecule has 0 fully saturated rings. The van der Waals surface area contributed by atoms with Crippen LogP contribution in [-0.2, 0) is 10.0 Å². The smallest absolute Gasteiger partial charge is 0.341 e. The summed E-state index contributed by atoms with van der Waals surface area (Å²) in [7, 11) is -4.45. The Labute approximate surface area is 114 Å².